The molecular weight excluding hydrogens is 450 g/mol. The molecule has 1 N–H and O–H groups in total. The van der Waals surface area contributed by atoms with Crippen molar-refractivity contribution in [3.63, 3.8) is 0 Å². The molecule has 1 aliphatic heterocycles. The predicted molar refractivity (Wildman–Crippen MR) is 119 cm³/mol. The van der Waals surface area contributed by atoms with Crippen LogP contribution in [0.1, 0.15) is 16.7 Å². The molecule has 1 fully saturated rings. The van der Waals surface area contributed by atoms with E-state index in [0.29, 0.717) is 37.9 Å². The van der Waals surface area contributed by atoms with Crippen LogP contribution in [0.15, 0.2) is 46.0 Å². The number of hydrogen-bond donors (Lipinski definition) is 1. The van der Waals surface area contributed by atoms with Crippen LogP contribution in [0.4, 0.5) is 0 Å². The third-order valence-electron chi connectivity index (χ3n) is 4.63. The molecular formula is C22H26BrN3O4. The predicted octanol–water partition coefficient (Wildman–Crippen LogP) is 3.13. The zero-order valence-corrected chi connectivity index (χ0v) is 18.8. The van der Waals surface area contributed by atoms with Gasteiger partial charge < -0.3 is 14.2 Å². The molecule has 0 saturated carbocycles. The smallest absolute Gasteiger partial charge is 0.254 e. The first-order chi connectivity index (χ1) is 14.5. The Bertz CT molecular complexity index is 881. The number of hydrazone groups is 1. The first-order valence-electron chi connectivity index (χ1n) is 9.73. The van der Waals surface area contributed by atoms with Crippen molar-refractivity contribution < 1.29 is 19.0 Å². The summed E-state index contributed by atoms with van der Waals surface area (Å²) >= 11 is 3.54. The van der Waals surface area contributed by atoms with Crippen molar-refractivity contribution in [2.45, 2.75) is 13.5 Å². The van der Waals surface area contributed by atoms with Crippen molar-refractivity contribution in [3.05, 3.63) is 57.6 Å². The van der Waals surface area contributed by atoms with Gasteiger partial charge in [0.15, 0.2) is 11.5 Å². The molecule has 2 aromatic rings. The largest absolute Gasteiger partial charge is 0.493 e. The van der Waals surface area contributed by atoms with Crippen molar-refractivity contribution in [2.24, 2.45) is 5.10 Å². The van der Waals surface area contributed by atoms with Crippen LogP contribution in [0.3, 0.4) is 0 Å². The van der Waals surface area contributed by atoms with Crippen LogP contribution in [-0.2, 0) is 16.1 Å². The van der Waals surface area contributed by atoms with Gasteiger partial charge >= 0.3 is 0 Å². The topological polar surface area (TPSA) is 72.4 Å². The van der Waals surface area contributed by atoms with Gasteiger partial charge in [0.2, 0.25) is 0 Å². The Kier molecular flexibility index (Phi) is 8.24. The summed E-state index contributed by atoms with van der Waals surface area (Å²) in [5.41, 5.74) is 5.61. The number of carbonyl (C=O) groups is 1. The van der Waals surface area contributed by atoms with Gasteiger partial charge in [0.1, 0.15) is 6.61 Å². The standard InChI is InChI=1S/C22H26BrN3O4/c1-16-3-5-17(6-4-16)15-30-22-19(23)11-18(12-20(22)28-2)13-24-25-21(27)14-26-7-9-29-10-8-26/h3-6,11-13H,7-10,14-15H2,1-2H3,(H,25,27)/b24-13-. The van der Waals surface area contributed by atoms with Crippen LogP contribution in [-0.4, -0.2) is 57.0 Å². The van der Waals surface area contributed by atoms with Gasteiger partial charge in [-0.25, -0.2) is 5.43 Å². The summed E-state index contributed by atoms with van der Waals surface area (Å²) in [6.07, 6.45) is 1.58. The van der Waals surface area contributed by atoms with Crippen molar-refractivity contribution in [1.29, 1.82) is 0 Å². The van der Waals surface area contributed by atoms with Crippen LogP contribution >= 0.6 is 15.9 Å². The lowest BCUT2D eigenvalue weighted by Gasteiger charge is -2.25. The highest BCUT2D eigenvalue weighted by Crippen LogP contribution is 2.36. The van der Waals surface area contributed by atoms with Crippen molar-refractivity contribution in [1.82, 2.24) is 10.3 Å². The number of nitrogens with one attached hydrogen (secondary N) is 1. The van der Waals surface area contributed by atoms with Gasteiger partial charge in [-0.05, 0) is 46.1 Å². The van der Waals surface area contributed by atoms with Gasteiger partial charge in [0.05, 0.1) is 37.6 Å². The van der Waals surface area contributed by atoms with E-state index in [-0.39, 0.29) is 5.91 Å². The highest BCUT2D eigenvalue weighted by atomic mass is 79.9. The quantitative estimate of drug-likeness (QED) is 0.468. The Morgan fingerprint density at radius 2 is 2.00 bits per heavy atom. The molecule has 1 aliphatic rings. The summed E-state index contributed by atoms with van der Waals surface area (Å²) in [6, 6.07) is 11.9. The molecule has 7 nitrogen and oxygen atoms in total. The van der Waals surface area contributed by atoms with Gasteiger partial charge in [-0.1, -0.05) is 29.8 Å². The van der Waals surface area contributed by atoms with E-state index in [9.17, 15) is 4.79 Å². The van der Waals surface area contributed by atoms with Gasteiger partial charge in [0, 0.05) is 13.1 Å². The summed E-state index contributed by atoms with van der Waals surface area (Å²) < 4.78 is 17.5. The molecule has 30 heavy (non-hydrogen) atoms. The SMILES string of the molecule is COc1cc(/C=N\NC(=O)CN2CCOCC2)cc(Br)c1OCc1ccc(C)cc1. The molecule has 3 rings (SSSR count). The Hall–Kier alpha value is -2.42. The third kappa shape index (κ3) is 6.55. The molecule has 1 saturated heterocycles. The number of carbonyl (C=O) groups excluding carboxylic acids is 1. The van der Waals surface area contributed by atoms with Gasteiger partial charge in [-0.15, -0.1) is 0 Å². The lowest BCUT2D eigenvalue weighted by atomic mass is 10.2. The van der Waals surface area contributed by atoms with Crippen LogP contribution in [0, 0.1) is 6.92 Å². The van der Waals surface area contributed by atoms with Gasteiger partial charge in [-0.3, -0.25) is 9.69 Å². The molecule has 0 aromatic heterocycles. The summed E-state index contributed by atoms with van der Waals surface area (Å²) in [4.78, 5) is 14.1. The molecule has 0 aliphatic carbocycles. The van der Waals surface area contributed by atoms with E-state index in [1.54, 1.807) is 13.3 Å². The summed E-state index contributed by atoms with van der Waals surface area (Å²) in [7, 11) is 1.59. The fraction of sp³-hybridized carbons (Fsp3) is 0.364. The van der Waals surface area contributed by atoms with Gasteiger partial charge in [-0.2, -0.15) is 5.10 Å². The van der Waals surface area contributed by atoms with Crippen molar-refractivity contribution in [3.8, 4) is 11.5 Å². The third-order valence-corrected chi connectivity index (χ3v) is 5.22. The lowest BCUT2D eigenvalue weighted by Crippen LogP contribution is -2.42. The van der Waals surface area contributed by atoms with E-state index in [1.165, 1.54) is 5.56 Å². The van der Waals surface area contributed by atoms with E-state index in [0.717, 1.165) is 28.7 Å². The maximum Gasteiger partial charge on any atom is 0.254 e. The van der Waals surface area contributed by atoms with E-state index in [2.05, 4.69) is 45.5 Å². The molecule has 0 bridgehead atoms. The van der Waals surface area contributed by atoms with Crippen LogP contribution in [0.5, 0.6) is 11.5 Å². The summed E-state index contributed by atoms with van der Waals surface area (Å²) in [5.74, 6) is 1.04. The minimum Gasteiger partial charge on any atom is -0.493 e. The van der Waals surface area contributed by atoms with Crippen molar-refractivity contribution >= 4 is 28.1 Å². The normalized spacial score (nSPS) is 14.6. The fourth-order valence-corrected chi connectivity index (χ4v) is 3.54. The fourth-order valence-electron chi connectivity index (χ4n) is 2.97. The molecule has 2 aromatic carbocycles. The maximum atomic E-state index is 12.0. The number of hydrogen-bond acceptors (Lipinski definition) is 6. The zero-order valence-electron chi connectivity index (χ0n) is 17.2. The van der Waals surface area contributed by atoms with Crippen LogP contribution in [0.25, 0.3) is 0 Å². The number of rotatable bonds is 8. The van der Waals surface area contributed by atoms with E-state index in [4.69, 9.17) is 14.2 Å². The van der Waals surface area contributed by atoms with Crippen LogP contribution in [0.2, 0.25) is 0 Å². The molecule has 0 unspecified atom stereocenters. The average Bonchev–Trinajstić information content (AvgIpc) is 2.74. The minimum atomic E-state index is -0.155. The number of morpholine rings is 1. The number of amides is 1. The summed E-state index contributed by atoms with van der Waals surface area (Å²) in [6.45, 7) is 5.61. The number of methoxy groups -OCH3 is 1. The van der Waals surface area contributed by atoms with Crippen LogP contribution < -0.4 is 14.9 Å². The maximum absolute atomic E-state index is 12.0. The second-order valence-corrected chi connectivity index (χ2v) is 7.84. The minimum absolute atomic E-state index is 0.155. The molecule has 0 radical (unpaired) electrons. The highest BCUT2D eigenvalue weighted by molar-refractivity contribution is 9.10. The lowest BCUT2D eigenvalue weighted by molar-refractivity contribution is -0.123. The monoisotopic (exact) mass is 475 g/mol. The number of halogens is 1. The number of aryl methyl sites for hydroxylation is 1. The van der Waals surface area contributed by atoms with Crippen molar-refractivity contribution in [2.75, 3.05) is 40.0 Å². The first kappa shape index (κ1) is 22.3. The second-order valence-electron chi connectivity index (χ2n) is 6.99. The first-order valence-corrected chi connectivity index (χ1v) is 10.5. The number of ether oxygens (including phenoxy) is 3. The second kappa shape index (κ2) is 11.1. The Morgan fingerprint density at radius 1 is 1.27 bits per heavy atom. The number of nitrogens with zero attached hydrogens (tertiary/aromatic N) is 2. The van der Waals surface area contributed by atoms with E-state index >= 15 is 0 Å². The zero-order chi connectivity index (χ0) is 21.3. The molecule has 8 heteroatoms. The Labute approximate surface area is 185 Å². The van der Waals surface area contributed by atoms with E-state index < -0.39 is 0 Å². The van der Waals surface area contributed by atoms with Gasteiger partial charge in [0.25, 0.3) is 5.91 Å². The average molecular weight is 476 g/mol. The Balaban J connectivity index is 1.59. The highest BCUT2D eigenvalue weighted by Gasteiger charge is 2.14. The van der Waals surface area contributed by atoms with E-state index in [1.807, 2.05) is 29.2 Å². The molecule has 1 heterocycles. The summed E-state index contributed by atoms with van der Waals surface area (Å²) in [5, 5.41) is 4.06. The molecule has 160 valence electrons. The molecule has 1 amide bonds. The Morgan fingerprint density at radius 3 is 2.70 bits per heavy atom. The molecule has 0 spiro atoms. The number of benzene rings is 2. The molecule has 0 atom stereocenters.